The number of hydrogen-bond donors (Lipinski definition) is 0. The first kappa shape index (κ1) is 13.0. The fraction of sp³-hybridized carbons (Fsp3) is 0.286. The van der Waals surface area contributed by atoms with E-state index in [0.717, 1.165) is 15.5 Å². The maximum atomic E-state index is 6.49. The molecule has 0 saturated heterocycles. The van der Waals surface area contributed by atoms with Crippen LogP contribution in [0.4, 0.5) is 0 Å². The molecule has 0 aliphatic heterocycles. The molecule has 0 bridgehead atoms. The lowest BCUT2D eigenvalue weighted by Gasteiger charge is -2.19. The van der Waals surface area contributed by atoms with E-state index in [0.29, 0.717) is 0 Å². The zero-order valence-corrected chi connectivity index (χ0v) is 12.5. The van der Waals surface area contributed by atoms with Crippen LogP contribution in [0.2, 0.25) is 5.02 Å². The van der Waals surface area contributed by atoms with Crippen LogP contribution in [0.15, 0.2) is 40.6 Å². The molecule has 0 nitrogen and oxygen atoms in total. The lowest BCUT2D eigenvalue weighted by Crippen LogP contribution is -2.06. The van der Waals surface area contributed by atoms with Crippen molar-refractivity contribution in [3.63, 3.8) is 0 Å². The van der Waals surface area contributed by atoms with Crippen LogP contribution in [-0.2, 0) is 0 Å². The predicted molar refractivity (Wildman–Crippen MR) is 80.4 cm³/mol. The molecule has 3 heteroatoms. The van der Waals surface area contributed by atoms with Gasteiger partial charge >= 0.3 is 0 Å². The third-order valence-corrected chi connectivity index (χ3v) is 4.76. The Morgan fingerprint density at radius 1 is 1.12 bits per heavy atom. The summed E-state index contributed by atoms with van der Waals surface area (Å²) in [5.41, 5.74) is 1.14. The molecule has 2 aromatic rings. The minimum Gasteiger partial charge on any atom is -0.144 e. The maximum Gasteiger partial charge on any atom is 0.0628 e. The van der Waals surface area contributed by atoms with E-state index in [9.17, 15) is 0 Å². The number of thiophene rings is 1. The van der Waals surface area contributed by atoms with Crippen molar-refractivity contribution >= 4 is 34.7 Å². The lowest BCUT2D eigenvalue weighted by atomic mass is 10.2. The van der Waals surface area contributed by atoms with Crippen LogP contribution in [0.25, 0.3) is 10.4 Å². The van der Waals surface area contributed by atoms with Gasteiger partial charge in [0.1, 0.15) is 0 Å². The van der Waals surface area contributed by atoms with Gasteiger partial charge in [0.2, 0.25) is 0 Å². The third kappa shape index (κ3) is 3.27. The zero-order valence-electron chi connectivity index (χ0n) is 10.2. The van der Waals surface area contributed by atoms with E-state index in [1.807, 2.05) is 11.8 Å². The standard InChI is InChI=1S/C14H15ClS2/c1-14(2,3)17-12-7-4-6-10(13(12)15)11-8-5-9-16-11/h4-9H,1-3H3. The molecular formula is C14H15ClS2. The van der Waals surface area contributed by atoms with Gasteiger partial charge in [-0.2, -0.15) is 0 Å². The molecule has 0 radical (unpaired) electrons. The van der Waals surface area contributed by atoms with E-state index in [2.05, 4.69) is 56.5 Å². The van der Waals surface area contributed by atoms with Crippen LogP contribution in [0.3, 0.4) is 0 Å². The molecule has 0 atom stereocenters. The van der Waals surface area contributed by atoms with Gasteiger partial charge in [-0.1, -0.05) is 50.6 Å². The molecule has 0 amide bonds. The molecule has 1 aromatic heterocycles. The molecule has 0 saturated carbocycles. The van der Waals surface area contributed by atoms with Crippen molar-refractivity contribution in [3.05, 3.63) is 40.7 Å². The average Bonchev–Trinajstić information content (AvgIpc) is 2.72. The van der Waals surface area contributed by atoms with E-state index < -0.39 is 0 Å². The van der Waals surface area contributed by atoms with Gasteiger partial charge in [-0.25, -0.2) is 0 Å². The van der Waals surface area contributed by atoms with E-state index in [4.69, 9.17) is 11.6 Å². The lowest BCUT2D eigenvalue weighted by molar-refractivity contribution is 0.803. The van der Waals surface area contributed by atoms with Crippen LogP contribution >= 0.6 is 34.7 Å². The number of thioether (sulfide) groups is 1. The molecule has 0 unspecified atom stereocenters. The molecule has 1 heterocycles. The second-order valence-electron chi connectivity index (χ2n) is 4.81. The Labute approximate surface area is 116 Å². The third-order valence-electron chi connectivity index (χ3n) is 2.17. The quantitative estimate of drug-likeness (QED) is 0.613. The van der Waals surface area contributed by atoms with Crippen molar-refractivity contribution in [2.24, 2.45) is 0 Å². The van der Waals surface area contributed by atoms with Gasteiger partial charge in [-0.05, 0) is 17.5 Å². The number of rotatable bonds is 2. The van der Waals surface area contributed by atoms with Crippen LogP contribution in [0.5, 0.6) is 0 Å². The highest BCUT2D eigenvalue weighted by Gasteiger charge is 2.16. The molecule has 0 aliphatic carbocycles. The van der Waals surface area contributed by atoms with Crippen LogP contribution in [0.1, 0.15) is 20.8 Å². The molecule has 17 heavy (non-hydrogen) atoms. The first-order valence-corrected chi connectivity index (χ1v) is 7.56. The average molecular weight is 283 g/mol. The maximum absolute atomic E-state index is 6.49. The van der Waals surface area contributed by atoms with Crippen LogP contribution in [-0.4, -0.2) is 4.75 Å². The Morgan fingerprint density at radius 2 is 1.88 bits per heavy atom. The molecule has 0 fully saturated rings. The second kappa shape index (κ2) is 5.05. The summed E-state index contributed by atoms with van der Waals surface area (Å²) < 4.78 is 0.178. The minimum atomic E-state index is 0.178. The van der Waals surface area contributed by atoms with Gasteiger partial charge in [-0.15, -0.1) is 23.1 Å². The van der Waals surface area contributed by atoms with E-state index >= 15 is 0 Å². The summed E-state index contributed by atoms with van der Waals surface area (Å²) in [6.45, 7) is 6.60. The first-order chi connectivity index (χ1) is 7.97. The summed E-state index contributed by atoms with van der Waals surface area (Å²) in [5, 5.41) is 2.95. The summed E-state index contributed by atoms with van der Waals surface area (Å²) in [5.74, 6) is 0. The van der Waals surface area contributed by atoms with Gasteiger partial charge in [0, 0.05) is 20.1 Å². The number of halogens is 1. The van der Waals surface area contributed by atoms with E-state index in [1.54, 1.807) is 11.3 Å². The molecule has 2 rings (SSSR count). The van der Waals surface area contributed by atoms with Crippen molar-refractivity contribution in [1.82, 2.24) is 0 Å². The second-order valence-corrected chi connectivity index (χ2v) is 8.00. The van der Waals surface area contributed by atoms with Crippen LogP contribution < -0.4 is 0 Å². The topological polar surface area (TPSA) is 0 Å². The smallest absolute Gasteiger partial charge is 0.0628 e. The Hall–Kier alpha value is -0.440. The largest absolute Gasteiger partial charge is 0.144 e. The zero-order chi connectivity index (χ0) is 12.5. The predicted octanol–water partition coefficient (Wildman–Crippen LogP) is 5.96. The summed E-state index contributed by atoms with van der Waals surface area (Å²) in [7, 11) is 0. The number of benzene rings is 1. The summed E-state index contributed by atoms with van der Waals surface area (Å²) >= 11 is 10.0. The highest BCUT2D eigenvalue weighted by Crippen LogP contribution is 2.41. The Kier molecular flexibility index (Phi) is 3.86. The van der Waals surface area contributed by atoms with Crippen molar-refractivity contribution in [2.75, 3.05) is 0 Å². The van der Waals surface area contributed by atoms with Gasteiger partial charge in [0.25, 0.3) is 0 Å². The molecule has 0 aliphatic rings. The SMILES string of the molecule is CC(C)(C)Sc1cccc(-c2cccs2)c1Cl. The highest BCUT2D eigenvalue weighted by molar-refractivity contribution is 8.00. The fourth-order valence-corrected chi connectivity index (χ4v) is 3.71. The molecule has 90 valence electrons. The molecule has 0 N–H and O–H groups in total. The monoisotopic (exact) mass is 282 g/mol. The fourth-order valence-electron chi connectivity index (χ4n) is 1.54. The van der Waals surface area contributed by atoms with Crippen molar-refractivity contribution in [2.45, 2.75) is 30.4 Å². The minimum absolute atomic E-state index is 0.178. The summed E-state index contributed by atoms with van der Waals surface area (Å²) in [6, 6.07) is 10.4. The van der Waals surface area contributed by atoms with Crippen molar-refractivity contribution in [3.8, 4) is 10.4 Å². The van der Waals surface area contributed by atoms with Crippen molar-refractivity contribution < 1.29 is 0 Å². The van der Waals surface area contributed by atoms with Crippen LogP contribution in [0, 0.1) is 0 Å². The normalized spacial score (nSPS) is 11.8. The summed E-state index contributed by atoms with van der Waals surface area (Å²) in [4.78, 5) is 2.39. The Morgan fingerprint density at radius 3 is 2.47 bits per heavy atom. The highest BCUT2D eigenvalue weighted by atomic mass is 35.5. The first-order valence-electron chi connectivity index (χ1n) is 5.49. The van der Waals surface area contributed by atoms with Gasteiger partial charge in [0.05, 0.1) is 5.02 Å². The molecule has 0 spiro atoms. The van der Waals surface area contributed by atoms with Crippen molar-refractivity contribution in [1.29, 1.82) is 0 Å². The molecular weight excluding hydrogens is 268 g/mol. The van der Waals surface area contributed by atoms with Gasteiger partial charge < -0.3 is 0 Å². The Balaban J connectivity index is 2.41. The van der Waals surface area contributed by atoms with E-state index in [1.165, 1.54) is 4.88 Å². The van der Waals surface area contributed by atoms with Gasteiger partial charge in [0.15, 0.2) is 0 Å². The van der Waals surface area contributed by atoms with E-state index in [-0.39, 0.29) is 4.75 Å². The summed E-state index contributed by atoms with van der Waals surface area (Å²) in [6.07, 6.45) is 0. The Bertz CT molecular complexity index is 495. The van der Waals surface area contributed by atoms with Gasteiger partial charge in [-0.3, -0.25) is 0 Å². The number of hydrogen-bond acceptors (Lipinski definition) is 2. The molecule has 1 aromatic carbocycles.